The average molecular weight is 1270 g/mol. The highest BCUT2D eigenvalue weighted by Crippen LogP contribution is 2.36. The number of amides is 11. The summed E-state index contributed by atoms with van der Waals surface area (Å²) in [6.45, 7) is 34.2. The lowest BCUT2D eigenvalue weighted by Gasteiger charge is -2.50. The quantitative estimate of drug-likeness (QED) is 0.134. The van der Waals surface area contributed by atoms with Crippen LogP contribution in [-0.4, -0.2) is 232 Å². The summed E-state index contributed by atoms with van der Waals surface area (Å²) in [5, 5.41) is 23.4. The first-order chi connectivity index (χ1) is 41.3. The molecule has 1 saturated heterocycles. The maximum Gasteiger partial charge on any atom is 0.277 e. The maximum absolute atomic E-state index is 16.0. The van der Waals surface area contributed by atoms with E-state index in [1.165, 1.54) is 82.8 Å². The zero-order valence-electron chi connectivity index (χ0n) is 59.9. The van der Waals surface area contributed by atoms with Crippen molar-refractivity contribution in [3.05, 3.63) is 12.2 Å². The Morgan fingerprint density at radius 1 is 0.544 bits per heavy atom. The van der Waals surface area contributed by atoms with Gasteiger partial charge in [0, 0.05) is 55.3 Å². The molecule has 24 nitrogen and oxygen atoms in total. The number of hydrogen-bond acceptors (Lipinski definition) is 13. The first-order valence-electron chi connectivity index (χ1n) is 32.4. The van der Waals surface area contributed by atoms with Gasteiger partial charge in [-0.25, -0.2) is 0 Å². The molecule has 0 aromatic rings. The molecule has 5 N–H and O–H groups in total. The van der Waals surface area contributed by atoms with E-state index < -0.39 is 161 Å². The minimum atomic E-state index is -2.26. The zero-order valence-corrected chi connectivity index (χ0v) is 59.9. The van der Waals surface area contributed by atoms with Gasteiger partial charge in [0.1, 0.15) is 54.4 Å². The van der Waals surface area contributed by atoms with Gasteiger partial charge in [-0.05, 0) is 116 Å². The molecule has 516 valence electrons. The number of likely N-dealkylation sites (N-methyl/N-ethyl adjacent to an activating group) is 7. The minimum absolute atomic E-state index is 0.0104. The largest absolute Gasteiger partial charge is 0.390 e. The minimum Gasteiger partial charge on any atom is -0.390 e. The predicted octanol–water partition coefficient (Wildman–Crippen LogP) is 4.41. The fraction of sp³-hybridized carbons (Fsp3) is 0.803. The molecule has 24 heteroatoms. The van der Waals surface area contributed by atoms with E-state index in [-0.39, 0.29) is 62.2 Å². The Morgan fingerprint density at radius 3 is 1.42 bits per heavy atom. The number of allylic oxidation sites excluding steroid dienone is 2. The third-order valence-corrected chi connectivity index (χ3v) is 16.8. The number of rotatable bonds is 16. The molecule has 0 unspecified atom stereocenters. The van der Waals surface area contributed by atoms with Crippen molar-refractivity contribution >= 4 is 65.0 Å². The Morgan fingerprint density at radius 2 is 0.978 bits per heavy atom. The van der Waals surface area contributed by atoms with Crippen LogP contribution in [0.3, 0.4) is 0 Å². The Kier molecular flexibility index (Phi) is 32.4. The third-order valence-electron chi connectivity index (χ3n) is 16.8. The van der Waals surface area contributed by atoms with Crippen molar-refractivity contribution < 1.29 is 62.6 Å². The summed E-state index contributed by atoms with van der Waals surface area (Å²) >= 11 is 0. The molecular formula is C66H119N11O13. The van der Waals surface area contributed by atoms with Crippen LogP contribution in [0.1, 0.15) is 177 Å². The molecule has 1 rings (SSSR count). The molecule has 0 aliphatic carbocycles. The van der Waals surface area contributed by atoms with Gasteiger partial charge >= 0.3 is 0 Å². The second-order valence-corrected chi connectivity index (χ2v) is 28.4. The van der Waals surface area contributed by atoms with Crippen LogP contribution in [0.4, 0.5) is 0 Å². The Balaban J connectivity index is 4.55. The second-order valence-electron chi connectivity index (χ2n) is 28.4. The van der Waals surface area contributed by atoms with Crippen molar-refractivity contribution in [1.82, 2.24) is 55.6 Å². The van der Waals surface area contributed by atoms with E-state index in [4.69, 9.17) is 4.74 Å². The number of ether oxygens (including phenoxy) is 1. The molecule has 1 fully saturated rings. The summed E-state index contributed by atoms with van der Waals surface area (Å²) in [4.78, 5) is 171. The first-order valence-corrected chi connectivity index (χ1v) is 32.4. The van der Waals surface area contributed by atoms with E-state index in [9.17, 15) is 38.7 Å². The molecule has 90 heavy (non-hydrogen) atoms. The van der Waals surface area contributed by atoms with Crippen LogP contribution >= 0.6 is 0 Å². The molecule has 0 spiro atoms. The summed E-state index contributed by atoms with van der Waals surface area (Å²) in [5.74, 6) is -10.7. The van der Waals surface area contributed by atoms with Gasteiger partial charge in [0.05, 0.1) is 18.2 Å². The fourth-order valence-corrected chi connectivity index (χ4v) is 11.3. The number of carbonyl (C=O) groups is 11. The average Bonchev–Trinajstić information content (AvgIpc) is 0.756. The number of hydrogen-bond donors (Lipinski definition) is 5. The number of nitrogens with zero attached hydrogens (tertiary/aromatic N) is 7. The highest BCUT2D eigenvalue weighted by molar-refractivity contribution is 6.00. The summed E-state index contributed by atoms with van der Waals surface area (Å²) in [7, 11) is 9.79. The highest BCUT2D eigenvalue weighted by atomic mass is 16.5. The van der Waals surface area contributed by atoms with Crippen molar-refractivity contribution in [2.75, 3.05) is 55.9 Å². The molecule has 11 amide bonds. The van der Waals surface area contributed by atoms with Gasteiger partial charge in [0.25, 0.3) is 5.91 Å². The van der Waals surface area contributed by atoms with E-state index >= 15 is 19.2 Å². The highest BCUT2D eigenvalue weighted by Gasteiger charge is 2.56. The van der Waals surface area contributed by atoms with Crippen molar-refractivity contribution in [2.45, 2.75) is 249 Å². The van der Waals surface area contributed by atoms with Crippen molar-refractivity contribution in [3.8, 4) is 0 Å². The molecule has 0 aromatic carbocycles. The molecule has 0 radical (unpaired) electrons. The van der Waals surface area contributed by atoms with Crippen molar-refractivity contribution in [3.63, 3.8) is 0 Å². The summed E-state index contributed by atoms with van der Waals surface area (Å²) in [6.07, 6.45) is 2.74. The van der Waals surface area contributed by atoms with E-state index in [0.717, 1.165) is 14.7 Å². The standard InChI is InChI=1S/C66H119N11O13/c1-28-30-31-43(15)54(79)53-58(83)69-46(29-2)60(85)71(21)36-51(78)72(22)47(32-37(3)4)57(82)70-52(41(11)12)63(88)73(23)48(33-38(5)6)56(81)67-44(16)55(80)68-45(17)59(84)74(24)49(34-39(7)8)61(86)75(25)50(35-40(9)10)62(87)77(27)66(42(13)14,64(89)76(53)26)90-65(18,19)20/h28,30,37-50,52-54,79H,29,31-36H2,1-27H3,(H,67,81)(H,68,80)(H,69,83)(H,70,82)/b30-28+/t43-,44+,45-,46+,47+,48+,49+,50+,52+,53+,54-,66+/m1/s1. The van der Waals surface area contributed by atoms with Gasteiger partial charge in [-0.15, -0.1) is 0 Å². The monoisotopic (exact) mass is 1270 g/mol. The smallest absolute Gasteiger partial charge is 0.277 e. The number of aliphatic hydroxyl groups excluding tert-OH is 1. The Hall–Kier alpha value is -6.17. The van der Waals surface area contributed by atoms with Gasteiger partial charge < -0.3 is 65.4 Å². The van der Waals surface area contributed by atoms with E-state index in [2.05, 4.69) is 21.3 Å². The second kappa shape index (κ2) is 35.6. The fourth-order valence-electron chi connectivity index (χ4n) is 11.3. The summed E-state index contributed by atoms with van der Waals surface area (Å²) in [5.41, 5.74) is -3.43. The van der Waals surface area contributed by atoms with Crippen LogP contribution in [-0.2, 0) is 57.5 Å². The third kappa shape index (κ3) is 22.0. The van der Waals surface area contributed by atoms with E-state index in [0.29, 0.717) is 0 Å². The van der Waals surface area contributed by atoms with Gasteiger partial charge in [-0.1, -0.05) is 109 Å². The van der Waals surface area contributed by atoms with Crippen molar-refractivity contribution in [1.29, 1.82) is 0 Å². The summed E-state index contributed by atoms with van der Waals surface area (Å²) in [6, 6.07) is -11.5. The van der Waals surface area contributed by atoms with Crippen LogP contribution in [0.5, 0.6) is 0 Å². The van der Waals surface area contributed by atoms with Gasteiger partial charge in [-0.3, -0.25) is 52.7 Å². The SMILES string of the molecule is C/C=C/C[C@@H](C)[C@@H](O)[C@H]1C(=O)N[C@@H](CC)C(=O)N(C)CC(=O)N(C)[C@@H](CC(C)C)C(=O)N[C@@H](C(C)C)C(=O)N(C)[C@@H](CC(C)C)C(=O)N[C@@H](C)C(=O)N[C@H](C)C(=O)N(C)[C@@H](CC(C)C)C(=O)N(C)[C@@H](CC(C)C)C(=O)N(C)[C@](OC(C)(C)C)(C(C)C)C(=O)N1C. The van der Waals surface area contributed by atoms with Crippen LogP contribution in [0, 0.1) is 41.4 Å². The Labute approximate surface area is 539 Å². The van der Waals surface area contributed by atoms with Crippen LogP contribution in [0.2, 0.25) is 0 Å². The number of carbonyl (C=O) groups excluding carboxylic acids is 11. The van der Waals surface area contributed by atoms with Crippen LogP contribution in [0.25, 0.3) is 0 Å². The van der Waals surface area contributed by atoms with E-state index in [1.807, 2.05) is 55.4 Å². The predicted molar refractivity (Wildman–Crippen MR) is 348 cm³/mol. The molecule has 0 bridgehead atoms. The molecule has 12 atom stereocenters. The molecule has 0 saturated carbocycles. The lowest BCUT2D eigenvalue weighted by atomic mass is 9.89. The molecule has 0 aromatic heterocycles. The lowest BCUT2D eigenvalue weighted by Crippen LogP contribution is -2.71. The Bertz CT molecular complexity index is 2500. The molecule has 1 aliphatic heterocycles. The maximum atomic E-state index is 16.0. The van der Waals surface area contributed by atoms with Crippen LogP contribution < -0.4 is 21.3 Å². The van der Waals surface area contributed by atoms with E-state index in [1.54, 1.807) is 81.4 Å². The van der Waals surface area contributed by atoms with Gasteiger partial charge in [0.15, 0.2) is 0 Å². The number of nitrogens with one attached hydrogen (secondary N) is 4. The van der Waals surface area contributed by atoms with Crippen molar-refractivity contribution in [2.24, 2.45) is 41.4 Å². The van der Waals surface area contributed by atoms with Gasteiger partial charge in [0.2, 0.25) is 64.8 Å². The lowest BCUT2D eigenvalue weighted by molar-refractivity contribution is -0.235. The molecular weight excluding hydrogens is 1150 g/mol. The normalized spacial score (nSPS) is 27.1. The number of aliphatic hydroxyl groups is 1. The topological polar surface area (TPSA) is 288 Å². The van der Waals surface area contributed by atoms with Gasteiger partial charge in [-0.2, -0.15) is 0 Å². The zero-order chi connectivity index (χ0) is 70.1. The van der Waals surface area contributed by atoms with Crippen LogP contribution in [0.15, 0.2) is 12.2 Å². The molecule has 1 heterocycles. The summed E-state index contributed by atoms with van der Waals surface area (Å²) < 4.78 is 6.83. The first kappa shape index (κ1) is 81.8. The molecule has 1 aliphatic rings.